The SMILES string of the molecule is CCON1C=CC=CC1Cl. The Balaban J connectivity index is 2.44. The normalized spacial score (nSPS) is 23.8. The maximum absolute atomic E-state index is 5.82. The van der Waals surface area contributed by atoms with E-state index in [-0.39, 0.29) is 5.50 Å². The van der Waals surface area contributed by atoms with Gasteiger partial charge in [0.2, 0.25) is 0 Å². The number of hydroxylamine groups is 2. The summed E-state index contributed by atoms with van der Waals surface area (Å²) in [4.78, 5) is 5.16. The van der Waals surface area contributed by atoms with Crippen molar-refractivity contribution in [3.05, 3.63) is 24.4 Å². The molecule has 0 aromatic heterocycles. The molecule has 1 heterocycles. The van der Waals surface area contributed by atoms with E-state index in [0.717, 1.165) is 0 Å². The summed E-state index contributed by atoms with van der Waals surface area (Å²) in [6, 6.07) is 0. The van der Waals surface area contributed by atoms with Gasteiger partial charge in [-0.15, -0.1) is 0 Å². The highest BCUT2D eigenvalue weighted by atomic mass is 35.5. The summed E-state index contributed by atoms with van der Waals surface area (Å²) in [5.41, 5.74) is -0.162. The number of halogens is 1. The first-order chi connectivity index (χ1) is 4.84. The molecule has 3 heteroatoms. The largest absolute Gasteiger partial charge is 0.273 e. The third-order valence-electron chi connectivity index (χ3n) is 1.14. The lowest BCUT2D eigenvalue weighted by Gasteiger charge is -2.23. The second-order valence-corrected chi connectivity index (χ2v) is 2.32. The van der Waals surface area contributed by atoms with Gasteiger partial charge in [-0.2, -0.15) is 0 Å². The summed E-state index contributed by atoms with van der Waals surface area (Å²) < 4.78 is 0. The molecule has 56 valence electrons. The van der Waals surface area contributed by atoms with Gasteiger partial charge in [0.25, 0.3) is 0 Å². The molecular formula is C7H10ClNO. The number of hydrogen-bond acceptors (Lipinski definition) is 2. The lowest BCUT2D eigenvalue weighted by Crippen LogP contribution is -2.25. The highest BCUT2D eigenvalue weighted by Crippen LogP contribution is 2.11. The van der Waals surface area contributed by atoms with Gasteiger partial charge < -0.3 is 0 Å². The molecule has 0 bridgehead atoms. The van der Waals surface area contributed by atoms with Gasteiger partial charge in [0.15, 0.2) is 0 Å². The molecule has 0 N–H and O–H groups in total. The van der Waals surface area contributed by atoms with Gasteiger partial charge in [-0.3, -0.25) is 4.84 Å². The van der Waals surface area contributed by atoms with Crippen LogP contribution in [0.2, 0.25) is 0 Å². The van der Waals surface area contributed by atoms with Crippen LogP contribution >= 0.6 is 11.6 Å². The van der Waals surface area contributed by atoms with Gasteiger partial charge in [0.1, 0.15) is 5.50 Å². The molecule has 10 heavy (non-hydrogen) atoms. The second kappa shape index (κ2) is 3.64. The molecule has 0 radical (unpaired) electrons. The Bertz CT molecular complexity index is 156. The highest BCUT2D eigenvalue weighted by molar-refractivity contribution is 6.21. The molecule has 0 aromatic carbocycles. The van der Waals surface area contributed by atoms with Crippen molar-refractivity contribution in [1.29, 1.82) is 0 Å². The Hall–Kier alpha value is -0.470. The topological polar surface area (TPSA) is 12.5 Å². The molecule has 0 amide bonds. The maximum Gasteiger partial charge on any atom is 0.148 e. The first-order valence-electron chi connectivity index (χ1n) is 3.25. The van der Waals surface area contributed by atoms with E-state index in [9.17, 15) is 0 Å². The van der Waals surface area contributed by atoms with Crippen LogP contribution in [0.15, 0.2) is 24.4 Å². The summed E-state index contributed by atoms with van der Waals surface area (Å²) in [5.74, 6) is 0. The molecule has 0 spiro atoms. The zero-order valence-electron chi connectivity index (χ0n) is 5.83. The summed E-state index contributed by atoms with van der Waals surface area (Å²) >= 11 is 5.82. The molecule has 1 aliphatic heterocycles. The minimum Gasteiger partial charge on any atom is -0.273 e. The van der Waals surface area contributed by atoms with E-state index >= 15 is 0 Å². The number of alkyl halides is 1. The average Bonchev–Trinajstić information content (AvgIpc) is 1.94. The smallest absolute Gasteiger partial charge is 0.148 e. The summed E-state index contributed by atoms with van der Waals surface area (Å²) in [5, 5.41) is 1.61. The summed E-state index contributed by atoms with van der Waals surface area (Å²) in [7, 11) is 0. The Labute approximate surface area is 65.7 Å². The Morgan fingerprint density at radius 1 is 1.60 bits per heavy atom. The standard InChI is InChI=1S/C7H10ClNO/c1-2-10-9-6-4-3-5-7(9)8/h3-7H,2H2,1H3. The van der Waals surface area contributed by atoms with E-state index in [1.807, 2.05) is 25.2 Å². The molecule has 0 saturated carbocycles. The molecular weight excluding hydrogens is 150 g/mol. The third kappa shape index (κ3) is 1.75. The van der Waals surface area contributed by atoms with Crippen molar-refractivity contribution in [2.24, 2.45) is 0 Å². The van der Waals surface area contributed by atoms with Crippen LogP contribution in [-0.2, 0) is 4.84 Å². The van der Waals surface area contributed by atoms with Gasteiger partial charge in [-0.25, -0.2) is 5.06 Å². The van der Waals surface area contributed by atoms with Crippen LogP contribution < -0.4 is 0 Å². The van der Waals surface area contributed by atoms with Crippen LogP contribution in [0, 0.1) is 0 Å². The molecule has 0 aromatic rings. The monoisotopic (exact) mass is 159 g/mol. The predicted molar refractivity (Wildman–Crippen MR) is 41.4 cm³/mol. The van der Waals surface area contributed by atoms with Crippen molar-refractivity contribution in [3.63, 3.8) is 0 Å². The maximum atomic E-state index is 5.82. The molecule has 1 unspecified atom stereocenters. The second-order valence-electron chi connectivity index (χ2n) is 1.88. The van der Waals surface area contributed by atoms with Crippen molar-refractivity contribution in [1.82, 2.24) is 5.06 Å². The van der Waals surface area contributed by atoms with E-state index in [2.05, 4.69) is 0 Å². The molecule has 0 aliphatic carbocycles. The Kier molecular flexibility index (Phi) is 2.78. The van der Waals surface area contributed by atoms with E-state index in [1.54, 1.807) is 11.3 Å². The van der Waals surface area contributed by atoms with Crippen molar-refractivity contribution in [2.75, 3.05) is 6.61 Å². The molecule has 0 fully saturated rings. The van der Waals surface area contributed by atoms with Gasteiger partial charge in [-0.05, 0) is 19.1 Å². The zero-order chi connectivity index (χ0) is 7.40. The first kappa shape index (κ1) is 7.63. The first-order valence-corrected chi connectivity index (χ1v) is 3.68. The minimum absolute atomic E-state index is 0.162. The van der Waals surface area contributed by atoms with Gasteiger partial charge in [0, 0.05) is 6.20 Å². The van der Waals surface area contributed by atoms with E-state index in [0.29, 0.717) is 6.61 Å². The highest BCUT2D eigenvalue weighted by Gasteiger charge is 2.09. The average molecular weight is 160 g/mol. The van der Waals surface area contributed by atoms with Crippen LogP contribution in [0.5, 0.6) is 0 Å². The van der Waals surface area contributed by atoms with Gasteiger partial charge in [0.05, 0.1) is 6.61 Å². The van der Waals surface area contributed by atoms with E-state index < -0.39 is 0 Å². The molecule has 1 aliphatic rings. The molecule has 2 nitrogen and oxygen atoms in total. The minimum atomic E-state index is -0.162. The lowest BCUT2D eigenvalue weighted by molar-refractivity contribution is -0.117. The van der Waals surface area contributed by atoms with Crippen molar-refractivity contribution in [2.45, 2.75) is 12.4 Å². The van der Waals surface area contributed by atoms with Gasteiger partial charge >= 0.3 is 0 Å². The van der Waals surface area contributed by atoms with Crippen LogP contribution in [0.4, 0.5) is 0 Å². The van der Waals surface area contributed by atoms with Gasteiger partial charge in [-0.1, -0.05) is 17.7 Å². The number of nitrogens with zero attached hydrogens (tertiary/aromatic N) is 1. The number of hydrogen-bond donors (Lipinski definition) is 0. The Morgan fingerprint density at radius 2 is 2.40 bits per heavy atom. The molecule has 0 saturated heterocycles. The van der Waals surface area contributed by atoms with E-state index in [1.165, 1.54) is 0 Å². The molecule has 1 rings (SSSR count). The van der Waals surface area contributed by atoms with Crippen LogP contribution in [0.1, 0.15) is 6.92 Å². The number of rotatable bonds is 2. The fraction of sp³-hybridized carbons (Fsp3) is 0.429. The van der Waals surface area contributed by atoms with Crippen LogP contribution in [0.25, 0.3) is 0 Å². The third-order valence-corrected chi connectivity index (χ3v) is 1.47. The van der Waals surface area contributed by atoms with E-state index in [4.69, 9.17) is 16.4 Å². The lowest BCUT2D eigenvalue weighted by atomic mass is 10.4. The van der Waals surface area contributed by atoms with Crippen molar-refractivity contribution in [3.8, 4) is 0 Å². The van der Waals surface area contributed by atoms with Crippen molar-refractivity contribution < 1.29 is 4.84 Å². The van der Waals surface area contributed by atoms with Crippen LogP contribution in [0.3, 0.4) is 0 Å². The summed E-state index contributed by atoms with van der Waals surface area (Å²) in [6.45, 7) is 2.57. The number of allylic oxidation sites excluding steroid dienone is 2. The Morgan fingerprint density at radius 3 is 3.00 bits per heavy atom. The molecule has 1 atom stereocenters. The fourth-order valence-corrected chi connectivity index (χ4v) is 0.926. The zero-order valence-corrected chi connectivity index (χ0v) is 6.58. The van der Waals surface area contributed by atoms with Crippen molar-refractivity contribution >= 4 is 11.6 Å². The summed E-state index contributed by atoms with van der Waals surface area (Å²) in [6.07, 6.45) is 7.44. The van der Waals surface area contributed by atoms with Crippen LogP contribution in [-0.4, -0.2) is 17.2 Å². The predicted octanol–water partition coefficient (Wildman–Crippen LogP) is 1.89. The fourth-order valence-electron chi connectivity index (χ4n) is 0.721. The quantitative estimate of drug-likeness (QED) is 0.451.